The second-order valence-corrected chi connectivity index (χ2v) is 9.08. The molecule has 0 radical (unpaired) electrons. The minimum absolute atomic E-state index is 0.0504. The zero-order chi connectivity index (χ0) is 26.2. The quantitative estimate of drug-likeness (QED) is 0.235. The first kappa shape index (κ1) is 27.6. The summed E-state index contributed by atoms with van der Waals surface area (Å²) in [6.45, 7) is 9.73. The van der Waals surface area contributed by atoms with E-state index in [0.29, 0.717) is 47.2 Å². The summed E-state index contributed by atoms with van der Waals surface area (Å²) in [6, 6.07) is 11.1. The highest BCUT2D eigenvalue weighted by Crippen LogP contribution is 2.42. The number of amides is 1. The average molecular weight is 515 g/mol. The van der Waals surface area contributed by atoms with Gasteiger partial charge >= 0.3 is 0 Å². The Balaban J connectivity index is 2.07. The molecule has 2 aromatic carbocycles. The Morgan fingerprint density at radius 3 is 2.36 bits per heavy atom. The van der Waals surface area contributed by atoms with E-state index < -0.39 is 17.7 Å². The van der Waals surface area contributed by atoms with Crippen molar-refractivity contribution in [1.29, 1.82) is 0 Å². The number of carbonyl (C=O) groups is 2. The van der Waals surface area contributed by atoms with E-state index in [0.717, 1.165) is 26.1 Å². The number of ether oxygens (including phenoxy) is 2. The lowest BCUT2D eigenvalue weighted by Gasteiger charge is -2.27. The van der Waals surface area contributed by atoms with Crippen LogP contribution in [-0.2, 0) is 9.59 Å². The van der Waals surface area contributed by atoms with E-state index in [1.54, 1.807) is 48.4 Å². The largest absolute Gasteiger partial charge is 0.507 e. The van der Waals surface area contributed by atoms with Crippen molar-refractivity contribution in [2.24, 2.45) is 0 Å². The van der Waals surface area contributed by atoms with Gasteiger partial charge < -0.3 is 24.4 Å². The van der Waals surface area contributed by atoms with E-state index in [1.807, 2.05) is 13.0 Å². The van der Waals surface area contributed by atoms with Crippen LogP contribution >= 0.6 is 11.6 Å². The van der Waals surface area contributed by atoms with Crippen LogP contribution in [0.2, 0.25) is 5.02 Å². The van der Waals surface area contributed by atoms with Crippen LogP contribution in [0.3, 0.4) is 0 Å². The van der Waals surface area contributed by atoms with E-state index >= 15 is 0 Å². The number of ketones is 1. The summed E-state index contributed by atoms with van der Waals surface area (Å²) in [5.74, 6) is -0.479. The zero-order valence-corrected chi connectivity index (χ0v) is 22.2. The molecule has 1 amide bonds. The predicted octanol–water partition coefficient (Wildman–Crippen LogP) is 5.29. The zero-order valence-electron chi connectivity index (χ0n) is 21.4. The molecule has 0 bridgehead atoms. The summed E-state index contributed by atoms with van der Waals surface area (Å²) in [4.78, 5) is 30.3. The first-order chi connectivity index (χ1) is 17.4. The van der Waals surface area contributed by atoms with Gasteiger partial charge in [-0.15, -0.1) is 0 Å². The number of halogens is 1. The number of Topliss-reactive ketones (excluding diaryl/α,β-unsaturated/α-hetero) is 1. The van der Waals surface area contributed by atoms with Crippen LogP contribution in [0.4, 0.5) is 0 Å². The molecular formula is C28H35ClN2O5. The van der Waals surface area contributed by atoms with Crippen molar-refractivity contribution in [2.45, 2.75) is 39.7 Å². The van der Waals surface area contributed by atoms with E-state index in [2.05, 4.69) is 18.7 Å². The SMILES string of the molecule is CCCOc1ccc(C2/C(=C(/O)c3ccc(Cl)cc3)C(=O)C(=O)N2CCCN(CC)CC)cc1OC. The fraction of sp³-hybridized carbons (Fsp3) is 0.429. The minimum Gasteiger partial charge on any atom is -0.507 e. The number of methoxy groups -OCH3 is 1. The maximum absolute atomic E-state index is 13.3. The highest BCUT2D eigenvalue weighted by atomic mass is 35.5. The molecule has 1 N–H and O–H groups in total. The van der Waals surface area contributed by atoms with E-state index in [9.17, 15) is 14.7 Å². The molecule has 7 nitrogen and oxygen atoms in total. The number of likely N-dealkylation sites (tertiary alicyclic amines) is 1. The molecular weight excluding hydrogens is 480 g/mol. The van der Waals surface area contributed by atoms with Crippen LogP contribution in [0.1, 0.15) is 50.8 Å². The van der Waals surface area contributed by atoms with Gasteiger partial charge in [-0.25, -0.2) is 0 Å². The lowest BCUT2D eigenvalue weighted by Crippen LogP contribution is -2.33. The first-order valence-electron chi connectivity index (χ1n) is 12.4. The van der Waals surface area contributed by atoms with Crippen LogP contribution < -0.4 is 9.47 Å². The second-order valence-electron chi connectivity index (χ2n) is 8.64. The molecule has 3 rings (SSSR count). The van der Waals surface area contributed by atoms with Crippen LogP contribution in [0.25, 0.3) is 5.76 Å². The van der Waals surface area contributed by atoms with Gasteiger partial charge in [0, 0.05) is 17.1 Å². The van der Waals surface area contributed by atoms with E-state index in [1.165, 1.54) is 0 Å². The van der Waals surface area contributed by atoms with Crippen molar-refractivity contribution in [3.63, 3.8) is 0 Å². The number of hydrogen-bond acceptors (Lipinski definition) is 6. The van der Waals surface area contributed by atoms with E-state index in [-0.39, 0.29) is 11.3 Å². The summed E-state index contributed by atoms with van der Waals surface area (Å²) in [7, 11) is 1.55. The summed E-state index contributed by atoms with van der Waals surface area (Å²) < 4.78 is 11.3. The van der Waals surface area contributed by atoms with Gasteiger partial charge in [0.25, 0.3) is 11.7 Å². The normalized spacial score (nSPS) is 17.2. The number of rotatable bonds is 12. The maximum Gasteiger partial charge on any atom is 0.295 e. The van der Waals surface area contributed by atoms with Gasteiger partial charge in [0.1, 0.15) is 5.76 Å². The Morgan fingerprint density at radius 1 is 1.06 bits per heavy atom. The van der Waals surface area contributed by atoms with Crippen molar-refractivity contribution in [1.82, 2.24) is 9.80 Å². The molecule has 1 heterocycles. The van der Waals surface area contributed by atoms with Crippen LogP contribution in [-0.4, -0.2) is 66.5 Å². The molecule has 1 saturated heterocycles. The van der Waals surface area contributed by atoms with Gasteiger partial charge in [0.15, 0.2) is 11.5 Å². The molecule has 8 heteroatoms. The molecule has 0 spiro atoms. The Kier molecular flexibility index (Phi) is 9.79. The maximum atomic E-state index is 13.3. The van der Waals surface area contributed by atoms with Gasteiger partial charge in [-0.2, -0.15) is 0 Å². The predicted molar refractivity (Wildman–Crippen MR) is 142 cm³/mol. The lowest BCUT2D eigenvalue weighted by molar-refractivity contribution is -0.140. The van der Waals surface area contributed by atoms with Gasteiger partial charge in [-0.1, -0.05) is 38.4 Å². The Morgan fingerprint density at radius 2 is 1.75 bits per heavy atom. The number of hydrogen-bond donors (Lipinski definition) is 1. The first-order valence-corrected chi connectivity index (χ1v) is 12.8. The molecule has 1 unspecified atom stereocenters. The molecule has 36 heavy (non-hydrogen) atoms. The van der Waals surface area contributed by atoms with Crippen molar-refractivity contribution in [3.8, 4) is 11.5 Å². The molecule has 1 atom stereocenters. The lowest BCUT2D eigenvalue weighted by atomic mass is 9.95. The fourth-order valence-electron chi connectivity index (χ4n) is 4.41. The van der Waals surface area contributed by atoms with Gasteiger partial charge in [-0.3, -0.25) is 9.59 Å². The number of aliphatic hydroxyl groups is 1. The monoisotopic (exact) mass is 514 g/mol. The van der Waals surface area contributed by atoms with Crippen LogP contribution in [0.15, 0.2) is 48.0 Å². The van der Waals surface area contributed by atoms with E-state index in [4.69, 9.17) is 21.1 Å². The summed E-state index contributed by atoms with van der Waals surface area (Å²) >= 11 is 6.01. The Bertz CT molecular complexity index is 1100. The molecule has 0 aliphatic carbocycles. The molecule has 1 aliphatic rings. The third kappa shape index (κ3) is 6.02. The summed E-state index contributed by atoms with van der Waals surface area (Å²) in [5.41, 5.74) is 1.13. The fourth-order valence-corrected chi connectivity index (χ4v) is 4.54. The highest BCUT2D eigenvalue weighted by Gasteiger charge is 2.46. The highest BCUT2D eigenvalue weighted by molar-refractivity contribution is 6.46. The van der Waals surface area contributed by atoms with Gasteiger partial charge in [0.2, 0.25) is 0 Å². The standard InChI is InChI=1S/C28H35ClN2O5/c1-5-17-36-22-14-11-20(18-23(22)35-4)25-24(26(32)19-9-12-21(29)13-10-19)27(33)28(34)31(25)16-8-15-30(6-2)7-3/h9-14,18,25,32H,5-8,15-17H2,1-4H3/b26-24-. The molecule has 0 saturated carbocycles. The van der Waals surface area contributed by atoms with Gasteiger partial charge in [0.05, 0.1) is 25.3 Å². The van der Waals surface area contributed by atoms with Gasteiger partial charge in [-0.05, 0) is 74.4 Å². The molecule has 1 aliphatic heterocycles. The second kappa shape index (κ2) is 12.8. The summed E-state index contributed by atoms with van der Waals surface area (Å²) in [5, 5.41) is 11.7. The Hall–Kier alpha value is -3.03. The average Bonchev–Trinajstić information content (AvgIpc) is 3.14. The third-order valence-electron chi connectivity index (χ3n) is 6.39. The minimum atomic E-state index is -0.758. The summed E-state index contributed by atoms with van der Waals surface area (Å²) in [6.07, 6.45) is 1.54. The van der Waals surface area contributed by atoms with Crippen molar-refractivity contribution in [3.05, 3.63) is 64.2 Å². The van der Waals surface area contributed by atoms with Crippen molar-refractivity contribution in [2.75, 3.05) is 39.9 Å². The number of nitrogens with zero attached hydrogens (tertiary/aromatic N) is 2. The smallest absolute Gasteiger partial charge is 0.295 e. The van der Waals surface area contributed by atoms with Crippen LogP contribution in [0.5, 0.6) is 11.5 Å². The molecule has 1 fully saturated rings. The number of aliphatic hydroxyl groups excluding tert-OH is 1. The molecule has 2 aromatic rings. The number of benzene rings is 2. The number of carbonyl (C=O) groups excluding carboxylic acids is 2. The third-order valence-corrected chi connectivity index (χ3v) is 6.64. The van der Waals surface area contributed by atoms with Crippen LogP contribution in [0, 0.1) is 0 Å². The Labute approximate surface area is 218 Å². The van der Waals surface area contributed by atoms with Crippen molar-refractivity contribution >= 4 is 29.1 Å². The molecule has 0 aromatic heterocycles. The van der Waals surface area contributed by atoms with Crippen molar-refractivity contribution < 1.29 is 24.2 Å². The molecule has 194 valence electrons. The topological polar surface area (TPSA) is 79.3 Å².